The van der Waals surface area contributed by atoms with E-state index >= 15 is 0 Å². The number of benzene rings is 1. The van der Waals surface area contributed by atoms with Gasteiger partial charge in [-0.15, -0.1) is 0 Å². The number of carbonyl (C=O) groups is 1. The molecule has 1 aromatic heterocycles. The van der Waals surface area contributed by atoms with E-state index in [0.29, 0.717) is 11.6 Å². The number of carbonyl (C=O) groups excluding carboxylic acids is 1. The minimum Gasteiger partial charge on any atom is -0.290 e. The molecule has 1 aliphatic rings. The van der Waals surface area contributed by atoms with E-state index in [4.69, 9.17) is 5.21 Å². The smallest absolute Gasteiger partial charge is 0.276 e. The van der Waals surface area contributed by atoms with E-state index in [9.17, 15) is 4.79 Å². The van der Waals surface area contributed by atoms with Crippen LogP contribution in [0.2, 0.25) is 0 Å². The van der Waals surface area contributed by atoms with Gasteiger partial charge >= 0.3 is 0 Å². The normalized spacial score (nSPS) is 15.7. The molecule has 1 atom stereocenters. The van der Waals surface area contributed by atoms with Crippen molar-refractivity contribution < 1.29 is 10.0 Å². The number of aromatic nitrogens is 1. The average molecular weight is 311 g/mol. The van der Waals surface area contributed by atoms with Gasteiger partial charge < -0.3 is 0 Å². The van der Waals surface area contributed by atoms with Crippen molar-refractivity contribution in [2.45, 2.75) is 32.4 Å². The fraction of sp³-hybridized carbons (Fsp3) is 0.333. The number of amides is 1. The Bertz CT molecular complexity index is 688. The largest absolute Gasteiger partial charge is 0.290 e. The van der Waals surface area contributed by atoms with Gasteiger partial charge in [-0.1, -0.05) is 37.3 Å². The zero-order valence-electron chi connectivity index (χ0n) is 13.2. The molecule has 0 aliphatic carbocycles. The van der Waals surface area contributed by atoms with E-state index in [0.717, 1.165) is 37.2 Å². The van der Waals surface area contributed by atoms with Crippen molar-refractivity contribution in [1.82, 2.24) is 15.4 Å². The zero-order valence-corrected chi connectivity index (χ0v) is 13.2. The summed E-state index contributed by atoms with van der Waals surface area (Å²) in [7, 11) is 0. The molecule has 23 heavy (non-hydrogen) atoms. The average Bonchev–Trinajstić information content (AvgIpc) is 2.62. The highest BCUT2D eigenvalue weighted by Gasteiger charge is 2.25. The topological polar surface area (TPSA) is 65.5 Å². The van der Waals surface area contributed by atoms with Crippen molar-refractivity contribution in [3.63, 3.8) is 0 Å². The van der Waals surface area contributed by atoms with Crippen LogP contribution in [-0.2, 0) is 13.0 Å². The van der Waals surface area contributed by atoms with Gasteiger partial charge in [0.2, 0.25) is 0 Å². The first-order chi connectivity index (χ1) is 11.2. The predicted molar refractivity (Wildman–Crippen MR) is 87.1 cm³/mol. The Kier molecular flexibility index (Phi) is 4.69. The molecule has 0 saturated carbocycles. The van der Waals surface area contributed by atoms with Gasteiger partial charge in [-0.05, 0) is 30.0 Å². The van der Waals surface area contributed by atoms with E-state index in [1.807, 2.05) is 12.1 Å². The predicted octanol–water partition coefficient (Wildman–Crippen LogP) is 2.71. The second kappa shape index (κ2) is 6.89. The molecule has 2 heterocycles. The van der Waals surface area contributed by atoms with Crippen LogP contribution in [0.15, 0.2) is 42.6 Å². The Morgan fingerprint density at radius 1 is 1.39 bits per heavy atom. The molecule has 1 aliphatic heterocycles. The van der Waals surface area contributed by atoms with Gasteiger partial charge in [0.05, 0.1) is 11.3 Å². The molecule has 5 nitrogen and oxygen atoms in total. The van der Waals surface area contributed by atoms with Gasteiger partial charge in [-0.3, -0.25) is 19.9 Å². The quantitative estimate of drug-likeness (QED) is 0.673. The van der Waals surface area contributed by atoms with Crippen molar-refractivity contribution in [1.29, 1.82) is 0 Å². The third-order valence-corrected chi connectivity index (χ3v) is 4.46. The molecule has 0 fully saturated rings. The number of pyridine rings is 1. The molecule has 0 bridgehead atoms. The molecular formula is C18H21N3O2. The Morgan fingerprint density at radius 3 is 2.87 bits per heavy atom. The van der Waals surface area contributed by atoms with E-state index in [2.05, 4.69) is 41.1 Å². The number of nitrogens with one attached hydrogen (secondary N) is 1. The summed E-state index contributed by atoms with van der Waals surface area (Å²) in [6.45, 7) is 3.92. The van der Waals surface area contributed by atoms with Crippen LogP contribution in [0.5, 0.6) is 0 Å². The summed E-state index contributed by atoms with van der Waals surface area (Å²) in [5.41, 5.74) is 5.48. The fourth-order valence-corrected chi connectivity index (χ4v) is 3.27. The first-order valence-electron chi connectivity index (χ1n) is 7.94. The Hall–Kier alpha value is -2.24. The van der Waals surface area contributed by atoms with Crippen LogP contribution >= 0.6 is 0 Å². The molecule has 0 unspecified atom stereocenters. The Balaban J connectivity index is 1.81. The lowest BCUT2D eigenvalue weighted by Gasteiger charge is -2.35. The van der Waals surface area contributed by atoms with Gasteiger partial charge in [0, 0.05) is 25.3 Å². The summed E-state index contributed by atoms with van der Waals surface area (Å²) in [6.07, 6.45) is 3.43. The summed E-state index contributed by atoms with van der Waals surface area (Å²) in [5.74, 6) is -0.515. The summed E-state index contributed by atoms with van der Waals surface area (Å²) < 4.78 is 0. The van der Waals surface area contributed by atoms with Crippen LogP contribution in [0.3, 0.4) is 0 Å². The number of hydrogen-bond acceptors (Lipinski definition) is 4. The molecule has 1 aromatic carbocycles. The van der Waals surface area contributed by atoms with Crippen LogP contribution in [-0.4, -0.2) is 27.5 Å². The lowest BCUT2D eigenvalue weighted by molar-refractivity contribution is 0.0705. The van der Waals surface area contributed by atoms with Crippen LogP contribution < -0.4 is 5.48 Å². The maximum Gasteiger partial charge on any atom is 0.276 e. The maximum absolute atomic E-state index is 11.5. The van der Waals surface area contributed by atoms with Crippen molar-refractivity contribution in [2.24, 2.45) is 0 Å². The summed E-state index contributed by atoms with van der Waals surface area (Å²) >= 11 is 0. The van der Waals surface area contributed by atoms with Crippen molar-refractivity contribution in [2.75, 3.05) is 6.54 Å². The third-order valence-electron chi connectivity index (χ3n) is 4.46. The first kappa shape index (κ1) is 15.6. The molecule has 5 heteroatoms. The highest BCUT2D eigenvalue weighted by molar-refractivity contribution is 5.93. The highest BCUT2D eigenvalue weighted by Crippen LogP contribution is 2.29. The van der Waals surface area contributed by atoms with E-state index in [1.165, 1.54) is 11.8 Å². The highest BCUT2D eigenvalue weighted by atomic mass is 16.5. The van der Waals surface area contributed by atoms with Gasteiger partial charge in [0.1, 0.15) is 0 Å². The van der Waals surface area contributed by atoms with Crippen molar-refractivity contribution >= 4 is 5.91 Å². The number of rotatable bonds is 4. The maximum atomic E-state index is 11.5. The van der Waals surface area contributed by atoms with Crippen LogP contribution in [0.1, 0.15) is 46.6 Å². The second-order valence-electron chi connectivity index (χ2n) is 5.83. The number of hydrogen-bond donors (Lipinski definition) is 2. The second-order valence-corrected chi connectivity index (χ2v) is 5.83. The van der Waals surface area contributed by atoms with Gasteiger partial charge in [0.15, 0.2) is 0 Å². The van der Waals surface area contributed by atoms with Gasteiger partial charge in [-0.2, -0.15) is 0 Å². The van der Waals surface area contributed by atoms with Crippen LogP contribution in [0.25, 0.3) is 0 Å². The Labute approximate surface area is 135 Å². The molecule has 3 rings (SSSR count). The van der Waals surface area contributed by atoms with Crippen molar-refractivity contribution in [3.8, 4) is 0 Å². The Morgan fingerprint density at radius 2 is 2.17 bits per heavy atom. The molecule has 0 saturated heterocycles. The minimum atomic E-state index is -0.515. The molecule has 2 aromatic rings. The molecule has 0 spiro atoms. The standard InChI is InChI=1S/C18H21N3O2/c1-2-17(13-6-4-3-5-7-13)21-9-8-14-10-15(18(22)20-23)11-19-16(14)12-21/h3-7,10-11,17,23H,2,8-9,12H2,1H3,(H,20,22)/t17-/m1/s1. The monoisotopic (exact) mass is 311 g/mol. The summed E-state index contributed by atoms with van der Waals surface area (Å²) in [6, 6.07) is 12.7. The zero-order chi connectivity index (χ0) is 16.2. The van der Waals surface area contributed by atoms with Crippen LogP contribution in [0.4, 0.5) is 0 Å². The number of nitrogens with zero attached hydrogens (tertiary/aromatic N) is 2. The van der Waals surface area contributed by atoms with Crippen molar-refractivity contribution in [3.05, 3.63) is 65.0 Å². The lowest BCUT2D eigenvalue weighted by atomic mass is 9.97. The SMILES string of the molecule is CC[C@H](c1ccccc1)N1CCc2cc(C(=O)NO)cnc2C1. The van der Waals surface area contributed by atoms with Gasteiger partial charge in [0.25, 0.3) is 5.91 Å². The van der Waals surface area contributed by atoms with E-state index in [-0.39, 0.29) is 0 Å². The van der Waals surface area contributed by atoms with E-state index in [1.54, 1.807) is 5.48 Å². The molecule has 1 amide bonds. The van der Waals surface area contributed by atoms with E-state index < -0.39 is 5.91 Å². The molecule has 120 valence electrons. The summed E-state index contributed by atoms with van der Waals surface area (Å²) in [4.78, 5) is 18.4. The number of hydroxylamine groups is 1. The fourth-order valence-electron chi connectivity index (χ4n) is 3.27. The first-order valence-corrected chi connectivity index (χ1v) is 7.94. The third kappa shape index (κ3) is 3.25. The number of fused-ring (bicyclic) bond motifs is 1. The van der Waals surface area contributed by atoms with Crippen LogP contribution in [0, 0.1) is 0 Å². The summed E-state index contributed by atoms with van der Waals surface area (Å²) in [5, 5.41) is 8.73. The van der Waals surface area contributed by atoms with Gasteiger partial charge in [-0.25, -0.2) is 5.48 Å². The molecule has 0 radical (unpaired) electrons. The molecular weight excluding hydrogens is 290 g/mol. The molecule has 2 N–H and O–H groups in total. The lowest BCUT2D eigenvalue weighted by Crippen LogP contribution is -2.34. The minimum absolute atomic E-state index is 0.381.